The third-order valence-electron chi connectivity index (χ3n) is 5.28. The first-order valence-corrected chi connectivity index (χ1v) is 11.9. The Balaban J connectivity index is 1.41. The molecule has 3 aromatic carbocycles. The molecule has 0 unspecified atom stereocenters. The van der Waals surface area contributed by atoms with E-state index in [-0.39, 0.29) is 5.97 Å². The van der Waals surface area contributed by atoms with E-state index in [4.69, 9.17) is 18.9 Å². The number of hydrogen-bond acceptors (Lipinski definition) is 6. The molecule has 0 aromatic heterocycles. The van der Waals surface area contributed by atoms with Gasteiger partial charge in [-0.25, -0.2) is 4.79 Å². The summed E-state index contributed by atoms with van der Waals surface area (Å²) in [6, 6.07) is 16.9. The minimum Gasteiger partial charge on any atom is -0.494 e. The van der Waals surface area contributed by atoms with Crippen LogP contribution in [0.15, 0.2) is 67.3 Å². The number of hydrogen-bond donors (Lipinski definition) is 0. The molecule has 0 aliphatic rings. The van der Waals surface area contributed by atoms with Gasteiger partial charge in [-0.15, -0.1) is 0 Å². The summed E-state index contributed by atoms with van der Waals surface area (Å²) in [4.78, 5) is 22.8. The van der Waals surface area contributed by atoms with Gasteiger partial charge in [0.25, 0.3) is 0 Å². The largest absolute Gasteiger partial charge is 0.494 e. The fourth-order valence-electron chi connectivity index (χ4n) is 3.58. The molecule has 35 heavy (non-hydrogen) atoms. The zero-order valence-electron chi connectivity index (χ0n) is 20.2. The molecule has 0 fully saturated rings. The molecule has 3 aromatic rings. The van der Waals surface area contributed by atoms with E-state index in [1.54, 1.807) is 19.1 Å². The SMILES string of the molecule is C=CCOc1cc(CC=O)cc(OCCCCCOc2ccc3cc(C(=O)OCC)ccc3c2)c1. The van der Waals surface area contributed by atoms with Crippen LogP contribution in [0, 0.1) is 0 Å². The number of carbonyl (C=O) groups is 2. The highest BCUT2D eigenvalue weighted by atomic mass is 16.5. The van der Waals surface area contributed by atoms with Crippen LogP contribution >= 0.6 is 0 Å². The smallest absolute Gasteiger partial charge is 0.338 e. The van der Waals surface area contributed by atoms with Crippen molar-refractivity contribution in [3.05, 3.63) is 78.4 Å². The molecule has 0 saturated carbocycles. The topological polar surface area (TPSA) is 71.1 Å². The number of ether oxygens (including phenoxy) is 4. The Morgan fingerprint density at radius 3 is 2.23 bits per heavy atom. The van der Waals surface area contributed by atoms with E-state index in [1.807, 2.05) is 48.5 Å². The van der Waals surface area contributed by atoms with Gasteiger partial charge >= 0.3 is 5.97 Å². The molecular formula is C29H32O6. The van der Waals surface area contributed by atoms with Gasteiger partial charge in [-0.05, 0) is 78.9 Å². The van der Waals surface area contributed by atoms with Gasteiger partial charge in [0.2, 0.25) is 0 Å². The molecule has 184 valence electrons. The summed E-state index contributed by atoms with van der Waals surface area (Å²) in [7, 11) is 0. The second-order valence-corrected chi connectivity index (χ2v) is 7.98. The molecule has 0 radical (unpaired) electrons. The molecule has 6 heteroatoms. The Labute approximate surface area is 206 Å². The monoisotopic (exact) mass is 476 g/mol. The van der Waals surface area contributed by atoms with Crippen molar-refractivity contribution < 1.29 is 28.5 Å². The first-order valence-electron chi connectivity index (χ1n) is 11.9. The number of benzene rings is 3. The lowest BCUT2D eigenvalue weighted by atomic mass is 10.1. The summed E-state index contributed by atoms with van der Waals surface area (Å²) in [5.41, 5.74) is 1.41. The minimum absolute atomic E-state index is 0.311. The lowest BCUT2D eigenvalue weighted by Gasteiger charge is -2.11. The third-order valence-corrected chi connectivity index (χ3v) is 5.28. The summed E-state index contributed by atoms with van der Waals surface area (Å²) < 4.78 is 22.4. The molecule has 0 bridgehead atoms. The normalized spacial score (nSPS) is 10.5. The Morgan fingerprint density at radius 1 is 0.829 bits per heavy atom. The standard InChI is InChI=1S/C29H32O6/c1-3-14-33-27-17-22(12-13-30)18-28(21-27)35-16-7-5-6-15-34-26-11-10-23-19-25(29(31)32-4-2)9-8-24(23)20-26/h3,8-11,13,17-21H,1,4-7,12,14-16H2,2H3. The fraction of sp³-hybridized carbons (Fsp3) is 0.310. The quantitative estimate of drug-likeness (QED) is 0.117. The minimum atomic E-state index is -0.311. The summed E-state index contributed by atoms with van der Waals surface area (Å²) >= 11 is 0. The first kappa shape index (κ1) is 25.8. The summed E-state index contributed by atoms with van der Waals surface area (Å²) in [6.07, 6.45) is 5.62. The second kappa shape index (κ2) is 13.8. The number of aldehydes is 1. The predicted octanol–water partition coefficient (Wildman–Crippen LogP) is 5.95. The molecule has 0 amide bonds. The van der Waals surface area contributed by atoms with E-state index >= 15 is 0 Å². The van der Waals surface area contributed by atoms with Gasteiger partial charge in [0.15, 0.2) is 0 Å². The van der Waals surface area contributed by atoms with Gasteiger partial charge in [-0.1, -0.05) is 24.8 Å². The van der Waals surface area contributed by atoms with Crippen LogP contribution in [-0.2, 0) is 16.0 Å². The van der Waals surface area contributed by atoms with Crippen LogP contribution in [0.4, 0.5) is 0 Å². The van der Waals surface area contributed by atoms with Crippen LogP contribution in [0.2, 0.25) is 0 Å². The molecule has 0 atom stereocenters. The summed E-state index contributed by atoms with van der Waals surface area (Å²) in [5, 5.41) is 1.98. The van der Waals surface area contributed by atoms with E-state index in [0.717, 1.165) is 47.6 Å². The number of fused-ring (bicyclic) bond motifs is 1. The van der Waals surface area contributed by atoms with Crippen LogP contribution in [0.3, 0.4) is 0 Å². The van der Waals surface area contributed by atoms with Crippen LogP contribution in [-0.4, -0.2) is 38.7 Å². The Morgan fingerprint density at radius 2 is 1.51 bits per heavy atom. The molecule has 0 heterocycles. The zero-order chi connectivity index (χ0) is 24.9. The molecule has 3 rings (SSSR count). The maximum Gasteiger partial charge on any atom is 0.338 e. The molecule has 6 nitrogen and oxygen atoms in total. The highest BCUT2D eigenvalue weighted by Gasteiger charge is 2.08. The van der Waals surface area contributed by atoms with Gasteiger partial charge in [0.05, 0.1) is 25.4 Å². The number of rotatable bonds is 15. The van der Waals surface area contributed by atoms with Crippen molar-refractivity contribution in [3.8, 4) is 17.2 Å². The van der Waals surface area contributed by atoms with Crippen molar-refractivity contribution in [2.45, 2.75) is 32.6 Å². The van der Waals surface area contributed by atoms with Crippen LogP contribution in [0.25, 0.3) is 10.8 Å². The van der Waals surface area contributed by atoms with Crippen molar-refractivity contribution in [3.63, 3.8) is 0 Å². The van der Waals surface area contributed by atoms with Gasteiger partial charge in [0.1, 0.15) is 30.1 Å². The van der Waals surface area contributed by atoms with Gasteiger partial charge in [-0.2, -0.15) is 0 Å². The van der Waals surface area contributed by atoms with Gasteiger partial charge in [0, 0.05) is 12.5 Å². The lowest BCUT2D eigenvalue weighted by molar-refractivity contribution is -0.107. The molecule has 0 spiro atoms. The van der Waals surface area contributed by atoms with Crippen molar-refractivity contribution in [2.75, 3.05) is 26.4 Å². The van der Waals surface area contributed by atoms with E-state index in [1.165, 1.54) is 0 Å². The van der Waals surface area contributed by atoms with Gasteiger partial charge in [-0.3, -0.25) is 0 Å². The zero-order valence-corrected chi connectivity index (χ0v) is 20.2. The van der Waals surface area contributed by atoms with Crippen molar-refractivity contribution in [1.29, 1.82) is 0 Å². The Hall–Kier alpha value is -3.80. The van der Waals surface area contributed by atoms with E-state index in [2.05, 4.69) is 6.58 Å². The number of esters is 1. The first-order chi connectivity index (χ1) is 17.1. The van der Waals surface area contributed by atoms with E-state index in [0.29, 0.717) is 49.9 Å². The van der Waals surface area contributed by atoms with Crippen LogP contribution in [0.5, 0.6) is 17.2 Å². The fourth-order valence-corrected chi connectivity index (χ4v) is 3.58. The van der Waals surface area contributed by atoms with E-state index in [9.17, 15) is 9.59 Å². The maximum atomic E-state index is 11.9. The van der Waals surface area contributed by atoms with Crippen molar-refractivity contribution in [2.24, 2.45) is 0 Å². The van der Waals surface area contributed by atoms with Crippen LogP contribution < -0.4 is 14.2 Å². The molecule has 0 aliphatic heterocycles. The number of unbranched alkanes of at least 4 members (excludes halogenated alkanes) is 2. The Bertz CT molecular complexity index is 1140. The summed E-state index contributed by atoms with van der Waals surface area (Å²) in [6.45, 7) is 7.39. The molecular weight excluding hydrogens is 444 g/mol. The maximum absolute atomic E-state index is 11.9. The van der Waals surface area contributed by atoms with Crippen LogP contribution in [0.1, 0.15) is 42.1 Å². The average molecular weight is 477 g/mol. The highest BCUT2D eigenvalue weighted by Crippen LogP contribution is 2.24. The van der Waals surface area contributed by atoms with Crippen molar-refractivity contribution >= 4 is 23.0 Å². The molecule has 0 saturated heterocycles. The lowest BCUT2D eigenvalue weighted by Crippen LogP contribution is -2.04. The molecule has 0 N–H and O–H groups in total. The number of carbonyl (C=O) groups excluding carboxylic acids is 2. The summed E-state index contributed by atoms with van der Waals surface area (Å²) in [5.74, 6) is 1.85. The highest BCUT2D eigenvalue weighted by molar-refractivity contribution is 5.95. The Kier molecular flexibility index (Phi) is 10.2. The predicted molar refractivity (Wildman–Crippen MR) is 137 cm³/mol. The third kappa shape index (κ3) is 8.18. The second-order valence-electron chi connectivity index (χ2n) is 7.98. The van der Waals surface area contributed by atoms with E-state index < -0.39 is 0 Å². The van der Waals surface area contributed by atoms with Crippen molar-refractivity contribution in [1.82, 2.24) is 0 Å². The average Bonchev–Trinajstić information content (AvgIpc) is 2.86. The van der Waals surface area contributed by atoms with Gasteiger partial charge < -0.3 is 23.7 Å². The molecule has 0 aliphatic carbocycles.